The molecule has 2 amide bonds. The number of rotatable bonds is 6. The molecular formula is C20H20BrN3O4. The van der Waals surface area contributed by atoms with Gasteiger partial charge in [0.05, 0.1) is 11.1 Å². The monoisotopic (exact) mass is 445 g/mol. The highest BCUT2D eigenvalue weighted by atomic mass is 79.9. The zero-order valence-corrected chi connectivity index (χ0v) is 17.0. The molecular weight excluding hydrogens is 426 g/mol. The van der Waals surface area contributed by atoms with Crippen LogP contribution < -0.4 is 20.3 Å². The number of ether oxygens (including phenoxy) is 2. The summed E-state index contributed by atoms with van der Waals surface area (Å²) < 4.78 is 11.6. The molecule has 7 nitrogen and oxygen atoms in total. The van der Waals surface area contributed by atoms with Crippen LogP contribution in [0.25, 0.3) is 10.9 Å². The van der Waals surface area contributed by atoms with Crippen LogP contribution in [-0.4, -0.2) is 29.5 Å². The van der Waals surface area contributed by atoms with Gasteiger partial charge in [0.15, 0.2) is 6.10 Å². The number of fused-ring (bicyclic) bond motifs is 1. The predicted octanol–water partition coefficient (Wildman–Crippen LogP) is 3.56. The Balaban J connectivity index is 1.56. The zero-order valence-electron chi connectivity index (χ0n) is 15.4. The molecule has 8 heteroatoms. The van der Waals surface area contributed by atoms with Crippen molar-refractivity contribution < 1.29 is 19.1 Å². The quantitative estimate of drug-likeness (QED) is 0.505. The minimum atomic E-state index is -0.801. The highest BCUT2D eigenvalue weighted by molar-refractivity contribution is 9.10. The first-order valence-corrected chi connectivity index (χ1v) is 9.54. The van der Waals surface area contributed by atoms with Crippen molar-refractivity contribution in [1.82, 2.24) is 15.8 Å². The summed E-state index contributed by atoms with van der Waals surface area (Å²) in [6, 6.07) is 14.5. The molecule has 3 aromatic rings. The van der Waals surface area contributed by atoms with E-state index in [1.165, 1.54) is 0 Å². The van der Waals surface area contributed by atoms with E-state index in [-0.39, 0.29) is 0 Å². The van der Waals surface area contributed by atoms with E-state index in [0.29, 0.717) is 22.5 Å². The molecule has 3 rings (SSSR count). The number of hydrogen-bond donors (Lipinski definition) is 3. The number of aromatic amines is 1. The maximum atomic E-state index is 12.4. The normalized spacial score (nSPS) is 11.7. The molecule has 3 N–H and O–H groups in total. The van der Waals surface area contributed by atoms with Gasteiger partial charge in [0.1, 0.15) is 17.2 Å². The molecule has 0 fully saturated rings. The Morgan fingerprint density at radius 1 is 1.07 bits per heavy atom. The fourth-order valence-electron chi connectivity index (χ4n) is 2.59. The van der Waals surface area contributed by atoms with Crippen molar-refractivity contribution in [1.29, 1.82) is 0 Å². The van der Waals surface area contributed by atoms with Crippen LogP contribution in [0, 0.1) is 0 Å². The number of para-hydroxylation sites is 1. The summed E-state index contributed by atoms with van der Waals surface area (Å²) in [6.07, 6.45) is -0.801. The van der Waals surface area contributed by atoms with Gasteiger partial charge in [-0.25, -0.2) is 0 Å². The van der Waals surface area contributed by atoms with Gasteiger partial charge in [0, 0.05) is 10.9 Å². The number of hydrogen-bond acceptors (Lipinski definition) is 4. The van der Waals surface area contributed by atoms with Crippen LogP contribution in [0.1, 0.15) is 24.3 Å². The number of nitrogens with one attached hydrogen (secondary N) is 3. The number of carbonyl (C=O) groups excluding carboxylic acids is 2. The van der Waals surface area contributed by atoms with Gasteiger partial charge in [-0.1, -0.05) is 18.2 Å². The Bertz CT molecular complexity index is 985. The molecule has 0 aliphatic rings. The predicted molar refractivity (Wildman–Crippen MR) is 109 cm³/mol. The van der Waals surface area contributed by atoms with Gasteiger partial charge in [0.2, 0.25) is 0 Å². The standard InChI is InChI=1S/C20H20BrN3O4/c1-3-27-13-8-10-14(11-9-13)28-12(2)19(25)23-24-20(26)18-17(21)15-6-4-5-7-16(15)22-18/h4-12,22H,3H2,1-2H3,(H,23,25)(H,24,26). The van der Waals surface area contributed by atoms with Crippen molar-refractivity contribution in [3.63, 3.8) is 0 Å². The minimum Gasteiger partial charge on any atom is -0.494 e. The van der Waals surface area contributed by atoms with E-state index in [0.717, 1.165) is 16.7 Å². The van der Waals surface area contributed by atoms with Crippen molar-refractivity contribution in [2.75, 3.05) is 6.61 Å². The molecule has 1 atom stereocenters. The van der Waals surface area contributed by atoms with Crippen molar-refractivity contribution in [2.24, 2.45) is 0 Å². The van der Waals surface area contributed by atoms with E-state index >= 15 is 0 Å². The SMILES string of the molecule is CCOc1ccc(OC(C)C(=O)NNC(=O)c2[nH]c3ccccc3c2Br)cc1. The largest absolute Gasteiger partial charge is 0.494 e. The van der Waals surface area contributed by atoms with Crippen molar-refractivity contribution in [2.45, 2.75) is 20.0 Å². The van der Waals surface area contributed by atoms with Gasteiger partial charge >= 0.3 is 0 Å². The van der Waals surface area contributed by atoms with Gasteiger partial charge in [0.25, 0.3) is 11.8 Å². The number of benzene rings is 2. The second kappa shape index (κ2) is 8.79. The summed E-state index contributed by atoms with van der Waals surface area (Å²) in [5.41, 5.74) is 5.91. The zero-order chi connectivity index (χ0) is 20.1. The smallest absolute Gasteiger partial charge is 0.287 e. The number of amides is 2. The first-order chi connectivity index (χ1) is 13.5. The number of aromatic nitrogens is 1. The first kappa shape index (κ1) is 19.8. The summed E-state index contributed by atoms with van der Waals surface area (Å²) in [7, 11) is 0. The Kier molecular flexibility index (Phi) is 6.20. The van der Waals surface area contributed by atoms with Crippen LogP contribution in [0.5, 0.6) is 11.5 Å². The molecule has 0 spiro atoms. The first-order valence-electron chi connectivity index (χ1n) is 8.75. The lowest BCUT2D eigenvalue weighted by molar-refractivity contribution is -0.128. The van der Waals surface area contributed by atoms with E-state index in [4.69, 9.17) is 9.47 Å². The van der Waals surface area contributed by atoms with E-state index in [2.05, 4.69) is 31.8 Å². The van der Waals surface area contributed by atoms with Crippen LogP contribution >= 0.6 is 15.9 Å². The van der Waals surface area contributed by atoms with Crippen LogP contribution in [0.15, 0.2) is 53.0 Å². The fraction of sp³-hybridized carbons (Fsp3) is 0.200. The van der Waals surface area contributed by atoms with Gasteiger partial charge in [-0.2, -0.15) is 0 Å². The molecule has 0 radical (unpaired) electrons. The third-order valence-electron chi connectivity index (χ3n) is 3.99. The van der Waals surface area contributed by atoms with Crippen molar-refractivity contribution >= 4 is 38.6 Å². The maximum Gasteiger partial charge on any atom is 0.287 e. The molecule has 2 aromatic carbocycles. The van der Waals surface area contributed by atoms with Crippen molar-refractivity contribution in [3.8, 4) is 11.5 Å². The summed E-state index contributed by atoms with van der Waals surface area (Å²) in [6.45, 7) is 4.07. The second-order valence-electron chi connectivity index (χ2n) is 5.97. The van der Waals surface area contributed by atoms with E-state index in [9.17, 15) is 9.59 Å². The summed E-state index contributed by atoms with van der Waals surface area (Å²) >= 11 is 3.41. The van der Waals surface area contributed by atoms with E-state index < -0.39 is 17.9 Å². The molecule has 0 aliphatic heterocycles. The van der Waals surface area contributed by atoms with E-state index in [1.807, 2.05) is 31.2 Å². The van der Waals surface area contributed by atoms with Crippen molar-refractivity contribution in [3.05, 3.63) is 58.7 Å². The minimum absolute atomic E-state index is 0.321. The molecule has 0 aliphatic carbocycles. The van der Waals surface area contributed by atoms with Crippen LogP contribution in [0.4, 0.5) is 0 Å². The van der Waals surface area contributed by atoms with Gasteiger partial charge in [-0.3, -0.25) is 20.4 Å². The number of carbonyl (C=O) groups is 2. The number of halogens is 1. The Labute approximate surface area is 170 Å². The van der Waals surface area contributed by atoms with Gasteiger partial charge < -0.3 is 14.5 Å². The van der Waals surface area contributed by atoms with Gasteiger partial charge in [-0.15, -0.1) is 0 Å². The Morgan fingerprint density at radius 2 is 1.75 bits per heavy atom. The third-order valence-corrected chi connectivity index (χ3v) is 4.81. The number of H-pyrrole nitrogens is 1. The molecule has 28 heavy (non-hydrogen) atoms. The highest BCUT2D eigenvalue weighted by Crippen LogP contribution is 2.27. The molecule has 0 bridgehead atoms. The summed E-state index contributed by atoms with van der Waals surface area (Å²) in [4.78, 5) is 27.6. The molecule has 1 aromatic heterocycles. The lowest BCUT2D eigenvalue weighted by Crippen LogP contribution is -2.47. The molecule has 1 unspecified atom stereocenters. The van der Waals surface area contributed by atoms with Crippen LogP contribution in [0.3, 0.4) is 0 Å². The van der Waals surface area contributed by atoms with Crippen LogP contribution in [0.2, 0.25) is 0 Å². The fourth-order valence-corrected chi connectivity index (χ4v) is 3.21. The molecule has 0 saturated heterocycles. The third kappa shape index (κ3) is 4.45. The lowest BCUT2D eigenvalue weighted by atomic mass is 10.2. The molecule has 1 heterocycles. The molecule has 146 valence electrons. The Morgan fingerprint density at radius 3 is 2.43 bits per heavy atom. The summed E-state index contributed by atoms with van der Waals surface area (Å²) in [5.74, 6) is 0.304. The topological polar surface area (TPSA) is 92.4 Å². The lowest BCUT2D eigenvalue weighted by Gasteiger charge is -2.15. The Hall–Kier alpha value is -3.00. The maximum absolute atomic E-state index is 12.4. The van der Waals surface area contributed by atoms with Gasteiger partial charge in [-0.05, 0) is 60.1 Å². The average molecular weight is 446 g/mol. The average Bonchev–Trinajstić information content (AvgIpc) is 3.04. The second-order valence-corrected chi connectivity index (χ2v) is 6.76. The number of hydrazine groups is 1. The molecule has 0 saturated carbocycles. The summed E-state index contributed by atoms with van der Waals surface area (Å²) in [5, 5.41) is 0.881. The van der Waals surface area contributed by atoms with E-state index in [1.54, 1.807) is 31.2 Å². The van der Waals surface area contributed by atoms with Crippen LogP contribution in [-0.2, 0) is 4.79 Å². The highest BCUT2D eigenvalue weighted by Gasteiger charge is 2.19.